The first-order chi connectivity index (χ1) is 10.1. The number of rotatable bonds is 7. The Labute approximate surface area is 126 Å². The van der Waals surface area contributed by atoms with Crippen LogP contribution in [0.3, 0.4) is 0 Å². The molecular weight excluding hydrogens is 262 g/mol. The van der Waals surface area contributed by atoms with Crippen LogP contribution >= 0.6 is 0 Å². The average Bonchev–Trinajstić information content (AvgIpc) is 2.85. The number of fused-ring (bicyclic) bond motifs is 1. The zero-order chi connectivity index (χ0) is 15.2. The molecule has 0 saturated carbocycles. The van der Waals surface area contributed by atoms with E-state index in [4.69, 9.17) is 0 Å². The van der Waals surface area contributed by atoms with E-state index < -0.39 is 0 Å². The standard InChI is InChI=1S/C17H25N3O/c1-4-18-11-14-5-6-15-7-8-20(16(15)9-14)12-17(21)19-10-13(2)3/h5-9,13,18H,4,10-12H2,1-3H3,(H,19,21). The van der Waals surface area contributed by atoms with Gasteiger partial charge in [-0.15, -0.1) is 0 Å². The van der Waals surface area contributed by atoms with Gasteiger partial charge in [0.2, 0.25) is 5.91 Å². The molecule has 4 nitrogen and oxygen atoms in total. The topological polar surface area (TPSA) is 46.1 Å². The summed E-state index contributed by atoms with van der Waals surface area (Å²) in [5, 5.41) is 7.46. The third-order valence-electron chi connectivity index (χ3n) is 3.44. The number of hydrogen-bond acceptors (Lipinski definition) is 2. The molecule has 0 spiro atoms. The SMILES string of the molecule is CCNCc1ccc2ccn(CC(=O)NCC(C)C)c2c1. The van der Waals surface area contributed by atoms with Crippen molar-refractivity contribution in [2.24, 2.45) is 5.92 Å². The molecule has 0 aliphatic carbocycles. The van der Waals surface area contributed by atoms with Crippen LogP contribution in [0.1, 0.15) is 26.3 Å². The normalized spacial score (nSPS) is 11.2. The van der Waals surface area contributed by atoms with Crippen molar-refractivity contribution >= 4 is 16.8 Å². The first kappa shape index (κ1) is 15.6. The van der Waals surface area contributed by atoms with E-state index in [9.17, 15) is 4.79 Å². The molecule has 0 bridgehead atoms. The molecule has 1 aromatic carbocycles. The van der Waals surface area contributed by atoms with E-state index in [0.717, 1.165) is 25.2 Å². The van der Waals surface area contributed by atoms with Crippen LogP contribution in [0.25, 0.3) is 10.9 Å². The minimum atomic E-state index is 0.0679. The molecule has 0 fully saturated rings. The third-order valence-corrected chi connectivity index (χ3v) is 3.44. The molecule has 4 heteroatoms. The second-order valence-electron chi connectivity index (χ2n) is 5.82. The number of nitrogens with one attached hydrogen (secondary N) is 2. The second-order valence-corrected chi connectivity index (χ2v) is 5.82. The molecule has 2 rings (SSSR count). The molecule has 1 aromatic heterocycles. The van der Waals surface area contributed by atoms with Crippen molar-refractivity contribution in [3.63, 3.8) is 0 Å². The van der Waals surface area contributed by atoms with Crippen LogP contribution in [0.15, 0.2) is 30.5 Å². The molecule has 0 unspecified atom stereocenters. The van der Waals surface area contributed by atoms with Gasteiger partial charge in [-0.2, -0.15) is 0 Å². The van der Waals surface area contributed by atoms with E-state index in [2.05, 4.69) is 55.7 Å². The van der Waals surface area contributed by atoms with Gasteiger partial charge in [-0.05, 0) is 35.5 Å². The fourth-order valence-corrected chi connectivity index (χ4v) is 2.28. The van der Waals surface area contributed by atoms with E-state index in [1.54, 1.807) is 0 Å². The van der Waals surface area contributed by atoms with Gasteiger partial charge in [-0.3, -0.25) is 4.79 Å². The van der Waals surface area contributed by atoms with Gasteiger partial charge in [0.15, 0.2) is 0 Å². The number of carbonyl (C=O) groups excluding carboxylic acids is 1. The Hall–Kier alpha value is -1.81. The highest BCUT2D eigenvalue weighted by Gasteiger charge is 2.07. The van der Waals surface area contributed by atoms with Crippen LogP contribution in [-0.4, -0.2) is 23.6 Å². The molecule has 2 aromatic rings. The summed E-state index contributed by atoms with van der Waals surface area (Å²) in [6.45, 7) is 9.20. The van der Waals surface area contributed by atoms with Gasteiger partial charge in [-0.25, -0.2) is 0 Å². The maximum atomic E-state index is 12.0. The predicted molar refractivity (Wildman–Crippen MR) is 87.2 cm³/mol. The summed E-state index contributed by atoms with van der Waals surface area (Å²) in [5.41, 5.74) is 2.36. The van der Waals surface area contributed by atoms with Crippen molar-refractivity contribution in [2.75, 3.05) is 13.1 Å². The van der Waals surface area contributed by atoms with Crippen molar-refractivity contribution in [1.82, 2.24) is 15.2 Å². The van der Waals surface area contributed by atoms with Crippen molar-refractivity contribution < 1.29 is 4.79 Å². The summed E-state index contributed by atoms with van der Waals surface area (Å²) in [7, 11) is 0. The highest BCUT2D eigenvalue weighted by atomic mass is 16.1. The smallest absolute Gasteiger partial charge is 0.239 e. The van der Waals surface area contributed by atoms with Gasteiger partial charge >= 0.3 is 0 Å². The highest BCUT2D eigenvalue weighted by Crippen LogP contribution is 2.17. The monoisotopic (exact) mass is 287 g/mol. The molecule has 0 saturated heterocycles. The molecule has 2 N–H and O–H groups in total. The Balaban J connectivity index is 2.10. The lowest BCUT2D eigenvalue weighted by atomic mass is 10.1. The fourth-order valence-electron chi connectivity index (χ4n) is 2.28. The Morgan fingerprint density at radius 1 is 1.29 bits per heavy atom. The third kappa shape index (κ3) is 4.33. The maximum Gasteiger partial charge on any atom is 0.239 e. The van der Waals surface area contributed by atoms with Crippen LogP contribution < -0.4 is 10.6 Å². The van der Waals surface area contributed by atoms with E-state index in [0.29, 0.717) is 12.5 Å². The molecule has 0 radical (unpaired) electrons. The first-order valence-electron chi connectivity index (χ1n) is 7.65. The fraction of sp³-hybridized carbons (Fsp3) is 0.471. The quantitative estimate of drug-likeness (QED) is 0.822. The van der Waals surface area contributed by atoms with Gasteiger partial charge in [-0.1, -0.05) is 32.9 Å². The number of aromatic nitrogens is 1. The number of amides is 1. The lowest BCUT2D eigenvalue weighted by molar-refractivity contribution is -0.121. The first-order valence-corrected chi connectivity index (χ1v) is 7.65. The van der Waals surface area contributed by atoms with Crippen molar-refractivity contribution in [3.8, 4) is 0 Å². The predicted octanol–water partition coefficient (Wildman–Crippen LogP) is 2.52. The maximum absolute atomic E-state index is 12.0. The summed E-state index contributed by atoms with van der Waals surface area (Å²) in [6, 6.07) is 8.47. The molecule has 114 valence electrons. The zero-order valence-corrected chi connectivity index (χ0v) is 13.1. The molecule has 0 aliphatic rings. The Kier molecular flexibility index (Phi) is 5.39. The van der Waals surface area contributed by atoms with Crippen molar-refractivity contribution in [3.05, 3.63) is 36.0 Å². The number of benzene rings is 1. The summed E-state index contributed by atoms with van der Waals surface area (Å²) in [5.74, 6) is 0.542. The van der Waals surface area contributed by atoms with Gasteiger partial charge in [0.1, 0.15) is 6.54 Å². The van der Waals surface area contributed by atoms with Crippen molar-refractivity contribution in [2.45, 2.75) is 33.9 Å². The molecular formula is C17H25N3O. The van der Waals surface area contributed by atoms with Crippen LogP contribution in [-0.2, 0) is 17.9 Å². The minimum absolute atomic E-state index is 0.0679. The number of carbonyl (C=O) groups is 1. The van der Waals surface area contributed by atoms with Crippen LogP contribution in [0, 0.1) is 5.92 Å². The summed E-state index contributed by atoms with van der Waals surface area (Å²) in [4.78, 5) is 12.0. The van der Waals surface area contributed by atoms with Gasteiger partial charge < -0.3 is 15.2 Å². The Morgan fingerprint density at radius 3 is 2.81 bits per heavy atom. The molecule has 0 aliphatic heterocycles. The largest absolute Gasteiger partial charge is 0.354 e. The number of nitrogens with zero attached hydrogens (tertiary/aromatic N) is 1. The summed E-state index contributed by atoms with van der Waals surface area (Å²) < 4.78 is 2.01. The van der Waals surface area contributed by atoms with Crippen molar-refractivity contribution in [1.29, 1.82) is 0 Å². The van der Waals surface area contributed by atoms with Gasteiger partial charge in [0.05, 0.1) is 0 Å². The van der Waals surface area contributed by atoms with E-state index in [1.165, 1.54) is 10.9 Å². The highest BCUT2D eigenvalue weighted by molar-refractivity contribution is 5.83. The molecule has 1 heterocycles. The lowest BCUT2D eigenvalue weighted by Gasteiger charge is -2.10. The second kappa shape index (κ2) is 7.27. The van der Waals surface area contributed by atoms with Crippen LogP contribution in [0.5, 0.6) is 0 Å². The zero-order valence-electron chi connectivity index (χ0n) is 13.1. The molecule has 21 heavy (non-hydrogen) atoms. The average molecular weight is 287 g/mol. The Bertz CT molecular complexity index is 601. The number of hydrogen-bond donors (Lipinski definition) is 2. The minimum Gasteiger partial charge on any atom is -0.354 e. The van der Waals surface area contributed by atoms with Crippen LogP contribution in [0.2, 0.25) is 0 Å². The van der Waals surface area contributed by atoms with E-state index >= 15 is 0 Å². The Morgan fingerprint density at radius 2 is 2.10 bits per heavy atom. The van der Waals surface area contributed by atoms with Crippen LogP contribution in [0.4, 0.5) is 0 Å². The van der Waals surface area contributed by atoms with Gasteiger partial charge in [0.25, 0.3) is 0 Å². The van der Waals surface area contributed by atoms with Gasteiger partial charge in [0, 0.05) is 24.8 Å². The molecule has 0 atom stereocenters. The summed E-state index contributed by atoms with van der Waals surface area (Å²) >= 11 is 0. The summed E-state index contributed by atoms with van der Waals surface area (Å²) in [6.07, 6.45) is 1.98. The van der Waals surface area contributed by atoms with E-state index in [1.807, 2.05) is 10.8 Å². The van der Waals surface area contributed by atoms with E-state index in [-0.39, 0.29) is 5.91 Å². The molecule has 1 amide bonds. The lowest BCUT2D eigenvalue weighted by Crippen LogP contribution is -2.30.